The summed E-state index contributed by atoms with van der Waals surface area (Å²) >= 11 is 0. The van der Waals surface area contributed by atoms with Crippen molar-refractivity contribution in [3.8, 4) is 0 Å². The highest BCUT2D eigenvalue weighted by Gasteiger charge is 2.26. The van der Waals surface area contributed by atoms with Gasteiger partial charge in [-0.25, -0.2) is 0 Å². The molecule has 0 saturated carbocycles. The van der Waals surface area contributed by atoms with Gasteiger partial charge in [0.25, 0.3) is 23.6 Å². The van der Waals surface area contributed by atoms with Crippen LogP contribution in [0.5, 0.6) is 0 Å². The Kier molecular flexibility index (Phi) is 7.53. The molecule has 2 heterocycles. The van der Waals surface area contributed by atoms with Gasteiger partial charge in [-0.15, -0.1) is 0 Å². The van der Waals surface area contributed by atoms with Gasteiger partial charge in [-0.3, -0.25) is 35.0 Å². The number of hydrazine groups is 1. The molecule has 0 radical (unpaired) electrons. The second-order valence-electron chi connectivity index (χ2n) is 7.35. The van der Waals surface area contributed by atoms with E-state index in [-0.39, 0.29) is 22.9 Å². The van der Waals surface area contributed by atoms with Crippen molar-refractivity contribution < 1.29 is 23.6 Å². The number of furan rings is 1. The standard InChI is InChI=1S/C23H23N5O5/c1-14(2)19(23(32)28-27-20(29)15-9-11-24-12-10-15)26-21(30)16-6-3-4-7-17(16)25-22(31)18-8-5-13-33-18/h3-14,19H,1-2H3,(H,25,31)(H,26,30)(H,27,29)(H,28,32)/t19-/m1/s1. The van der Waals surface area contributed by atoms with Crippen molar-refractivity contribution in [2.24, 2.45) is 5.92 Å². The fraction of sp³-hybridized carbons (Fsp3) is 0.174. The first-order valence-corrected chi connectivity index (χ1v) is 10.1. The smallest absolute Gasteiger partial charge is 0.291 e. The highest BCUT2D eigenvalue weighted by Crippen LogP contribution is 2.17. The number of carbonyl (C=O) groups excluding carboxylic acids is 4. The van der Waals surface area contributed by atoms with E-state index in [0.29, 0.717) is 5.56 Å². The van der Waals surface area contributed by atoms with Crippen LogP contribution in [0.2, 0.25) is 0 Å². The lowest BCUT2D eigenvalue weighted by molar-refractivity contribution is -0.124. The predicted octanol–water partition coefficient (Wildman–Crippen LogP) is 2.14. The van der Waals surface area contributed by atoms with Gasteiger partial charge in [-0.2, -0.15) is 0 Å². The lowest BCUT2D eigenvalue weighted by atomic mass is 10.0. The third-order valence-electron chi connectivity index (χ3n) is 4.64. The van der Waals surface area contributed by atoms with Crippen molar-refractivity contribution in [2.75, 3.05) is 5.32 Å². The first-order valence-electron chi connectivity index (χ1n) is 10.1. The highest BCUT2D eigenvalue weighted by atomic mass is 16.3. The average molecular weight is 449 g/mol. The lowest BCUT2D eigenvalue weighted by Crippen LogP contribution is -2.54. The molecule has 0 aliphatic rings. The molecule has 0 bridgehead atoms. The Labute approximate surface area is 189 Å². The normalized spacial score (nSPS) is 11.4. The first-order chi connectivity index (χ1) is 15.9. The summed E-state index contributed by atoms with van der Waals surface area (Å²) in [5.41, 5.74) is 5.38. The zero-order chi connectivity index (χ0) is 23.8. The minimum absolute atomic E-state index is 0.0922. The van der Waals surface area contributed by atoms with Gasteiger partial charge in [0.15, 0.2) is 5.76 Å². The Morgan fingerprint density at radius 1 is 0.848 bits per heavy atom. The molecular formula is C23H23N5O5. The zero-order valence-corrected chi connectivity index (χ0v) is 18.0. The molecule has 0 unspecified atom stereocenters. The van der Waals surface area contributed by atoms with Gasteiger partial charge in [0, 0.05) is 18.0 Å². The summed E-state index contributed by atoms with van der Waals surface area (Å²) in [6.45, 7) is 3.50. The Morgan fingerprint density at radius 3 is 2.24 bits per heavy atom. The lowest BCUT2D eigenvalue weighted by Gasteiger charge is -2.22. The number of aromatic nitrogens is 1. The predicted molar refractivity (Wildman–Crippen MR) is 119 cm³/mol. The molecule has 2 aromatic heterocycles. The highest BCUT2D eigenvalue weighted by molar-refractivity contribution is 6.08. The number of hydrogen-bond donors (Lipinski definition) is 4. The molecule has 0 saturated heterocycles. The second-order valence-corrected chi connectivity index (χ2v) is 7.35. The summed E-state index contributed by atoms with van der Waals surface area (Å²) < 4.78 is 5.07. The Morgan fingerprint density at radius 2 is 1.58 bits per heavy atom. The van der Waals surface area contributed by atoms with Crippen LogP contribution in [0.4, 0.5) is 5.69 Å². The molecule has 1 aromatic carbocycles. The van der Waals surface area contributed by atoms with Crippen LogP contribution in [0, 0.1) is 5.92 Å². The number of benzene rings is 1. The van der Waals surface area contributed by atoms with Crippen molar-refractivity contribution in [1.82, 2.24) is 21.2 Å². The summed E-state index contributed by atoms with van der Waals surface area (Å²) in [7, 11) is 0. The SMILES string of the molecule is CC(C)[C@@H](NC(=O)c1ccccc1NC(=O)c1ccco1)C(=O)NNC(=O)c1ccncc1. The average Bonchev–Trinajstić information content (AvgIpc) is 3.36. The third kappa shape index (κ3) is 6.03. The van der Waals surface area contributed by atoms with Gasteiger partial charge in [-0.1, -0.05) is 26.0 Å². The number of carbonyl (C=O) groups is 4. The van der Waals surface area contributed by atoms with E-state index >= 15 is 0 Å². The molecule has 4 amide bonds. The van der Waals surface area contributed by atoms with E-state index in [1.54, 1.807) is 38.1 Å². The third-order valence-corrected chi connectivity index (χ3v) is 4.64. The van der Waals surface area contributed by atoms with Crippen LogP contribution in [-0.4, -0.2) is 34.7 Å². The first kappa shape index (κ1) is 23.2. The zero-order valence-electron chi connectivity index (χ0n) is 18.0. The number of rotatable bonds is 7. The van der Waals surface area contributed by atoms with Crippen LogP contribution < -0.4 is 21.5 Å². The molecule has 0 spiro atoms. The van der Waals surface area contributed by atoms with Gasteiger partial charge < -0.3 is 15.1 Å². The van der Waals surface area contributed by atoms with Crippen LogP contribution in [-0.2, 0) is 4.79 Å². The number of para-hydroxylation sites is 1. The summed E-state index contributed by atoms with van der Waals surface area (Å²) in [5, 5.41) is 5.29. The van der Waals surface area contributed by atoms with Crippen molar-refractivity contribution in [3.63, 3.8) is 0 Å². The molecule has 10 nitrogen and oxygen atoms in total. The summed E-state index contributed by atoms with van der Waals surface area (Å²) in [5.74, 6) is -2.41. The van der Waals surface area contributed by atoms with E-state index in [1.807, 2.05) is 0 Å². The largest absolute Gasteiger partial charge is 0.459 e. The van der Waals surface area contributed by atoms with Gasteiger partial charge in [0.2, 0.25) is 0 Å². The van der Waals surface area contributed by atoms with E-state index in [1.165, 1.54) is 42.9 Å². The molecule has 3 aromatic rings. The Bertz CT molecular complexity index is 1130. The number of pyridine rings is 1. The molecule has 1 atom stereocenters. The molecule has 0 aliphatic heterocycles. The van der Waals surface area contributed by atoms with E-state index < -0.39 is 29.7 Å². The number of anilines is 1. The Balaban J connectivity index is 1.67. The van der Waals surface area contributed by atoms with Crippen LogP contribution >= 0.6 is 0 Å². The van der Waals surface area contributed by atoms with Crippen molar-refractivity contribution in [3.05, 3.63) is 84.1 Å². The van der Waals surface area contributed by atoms with E-state index in [9.17, 15) is 19.2 Å². The summed E-state index contributed by atoms with van der Waals surface area (Å²) in [6, 6.07) is 11.5. The molecule has 3 rings (SSSR count). The molecule has 0 fully saturated rings. The molecule has 33 heavy (non-hydrogen) atoms. The number of amides is 4. The van der Waals surface area contributed by atoms with Crippen molar-refractivity contribution >= 4 is 29.3 Å². The van der Waals surface area contributed by atoms with E-state index in [0.717, 1.165) is 0 Å². The van der Waals surface area contributed by atoms with E-state index in [4.69, 9.17) is 4.42 Å². The van der Waals surface area contributed by atoms with Crippen LogP contribution in [0.15, 0.2) is 71.6 Å². The monoisotopic (exact) mass is 449 g/mol. The number of hydrogen-bond acceptors (Lipinski definition) is 6. The summed E-state index contributed by atoms with van der Waals surface area (Å²) in [6.07, 6.45) is 4.28. The maximum Gasteiger partial charge on any atom is 0.291 e. The molecule has 4 N–H and O–H groups in total. The van der Waals surface area contributed by atoms with Crippen LogP contribution in [0.3, 0.4) is 0 Å². The van der Waals surface area contributed by atoms with E-state index in [2.05, 4.69) is 26.5 Å². The number of nitrogens with zero attached hydrogens (tertiary/aromatic N) is 1. The van der Waals surface area contributed by atoms with Gasteiger partial charge in [0.05, 0.1) is 17.5 Å². The van der Waals surface area contributed by atoms with Crippen LogP contribution in [0.1, 0.15) is 45.1 Å². The topological polar surface area (TPSA) is 142 Å². The quantitative estimate of drug-likeness (QED) is 0.407. The van der Waals surface area contributed by atoms with Crippen molar-refractivity contribution in [1.29, 1.82) is 0 Å². The maximum absolute atomic E-state index is 13.0. The molecule has 170 valence electrons. The fourth-order valence-corrected chi connectivity index (χ4v) is 2.91. The molecular weight excluding hydrogens is 426 g/mol. The number of nitrogens with one attached hydrogen (secondary N) is 4. The van der Waals surface area contributed by atoms with Gasteiger partial charge in [0.1, 0.15) is 6.04 Å². The summed E-state index contributed by atoms with van der Waals surface area (Å²) in [4.78, 5) is 53.9. The second kappa shape index (κ2) is 10.7. The fourth-order valence-electron chi connectivity index (χ4n) is 2.91. The van der Waals surface area contributed by atoms with Crippen LogP contribution in [0.25, 0.3) is 0 Å². The molecule has 10 heteroatoms. The maximum atomic E-state index is 13.0. The minimum Gasteiger partial charge on any atom is -0.459 e. The van der Waals surface area contributed by atoms with Crippen molar-refractivity contribution in [2.45, 2.75) is 19.9 Å². The van der Waals surface area contributed by atoms with Gasteiger partial charge in [-0.05, 0) is 42.3 Å². The molecule has 0 aliphatic carbocycles. The Hall–Kier alpha value is -4.47. The van der Waals surface area contributed by atoms with Gasteiger partial charge >= 0.3 is 0 Å². The minimum atomic E-state index is -0.955.